The lowest BCUT2D eigenvalue weighted by Crippen LogP contribution is -2.60. The van der Waals surface area contributed by atoms with Crippen molar-refractivity contribution in [1.82, 2.24) is 0 Å². The van der Waals surface area contributed by atoms with Crippen molar-refractivity contribution in [3.63, 3.8) is 0 Å². The Morgan fingerprint density at radius 1 is 1.37 bits per heavy atom. The number of rotatable bonds is 3. The first-order chi connectivity index (χ1) is 9.03. The zero-order valence-electron chi connectivity index (χ0n) is 12.2. The summed E-state index contributed by atoms with van der Waals surface area (Å²) in [7, 11) is 1.99. The normalized spacial score (nSPS) is 31.2. The van der Waals surface area contributed by atoms with Gasteiger partial charge in [0.25, 0.3) is 0 Å². The molecule has 1 aromatic carbocycles. The van der Waals surface area contributed by atoms with Crippen LogP contribution in [0.2, 0.25) is 0 Å². The van der Waals surface area contributed by atoms with Crippen LogP contribution in [0.3, 0.4) is 0 Å². The fourth-order valence-electron chi connectivity index (χ4n) is 3.60. The number of nitrogens with two attached hydrogens (primary N) is 1. The molecule has 1 fully saturated rings. The second-order valence-electron chi connectivity index (χ2n) is 5.98. The minimum atomic E-state index is -0.164. The van der Waals surface area contributed by atoms with E-state index in [1.807, 2.05) is 19.2 Å². The summed E-state index contributed by atoms with van der Waals surface area (Å²) >= 11 is 0. The molecule has 0 amide bonds. The first kappa shape index (κ1) is 14.3. The number of hydrogen-bond donors (Lipinski definition) is 1. The second kappa shape index (κ2) is 5.49. The van der Waals surface area contributed by atoms with Crippen LogP contribution in [0.5, 0.6) is 0 Å². The average Bonchev–Trinajstić information content (AvgIpc) is 2.42. The van der Waals surface area contributed by atoms with Crippen molar-refractivity contribution in [3.8, 4) is 0 Å². The van der Waals surface area contributed by atoms with Crippen LogP contribution in [0.1, 0.15) is 33.1 Å². The summed E-state index contributed by atoms with van der Waals surface area (Å²) in [5.74, 6) is 0.936. The molecule has 3 unspecified atom stereocenters. The summed E-state index contributed by atoms with van der Waals surface area (Å²) in [6, 6.07) is 6.98. The summed E-state index contributed by atoms with van der Waals surface area (Å²) in [6.07, 6.45) is 3.45. The van der Waals surface area contributed by atoms with Gasteiger partial charge >= 0.3 is 0 Å². The molecule has 0 aromatic heterocycles. The molecule has 2 rings (SSSR count). The van der Waals surface area contributed by atoms with E-state index in [1.165, 1.54) is 18.9 Å². The van der Waals surface area contributed by atoms with Gasteiger partial charge in [-0.3, -0.25) is 0 Å². The van der Waals surface area contributed by atoms with Gasteiger partial charge in [0.05, 0.1) is 11.2 Å². The summed E-state index contributed by atoms with van der Waals surface area (Å²) in [5, 5.41) is 0. The van der Waals surface area contributed by atoms with Crippen LogP contribution in [-0.4, -0.2) is 19.1 Å². The van der Waals surface area contributed by atoms with Gasteiger partial charge in [0, 0.05) is 13.6 Å². The van der Waals surface area contributed by atoms with Gasteiger partial charge in [-0.05, 0) is 30.4 Å². The number of halogens is 1. The maximum Gasteiger partial charge on any atom is 0.146 e. The first-order valence-corrected chi connectivity index (χ1v) is 7.21. The SMILES string of the molecule is CC1CCCC(CN)(N(C)c2ccccc2F)C1C. The molecule has 106 valence electrons. The zero-order valence-corrected chi connectivity index (χ0v) is 12.2. The van der Waals surface area contributed by atoms with Crippen LogP contribution >= 0.6 is 0 Å². The highest BCUT2D eigenvalue weighted by Crippen LogP contribution is 2.42. The zero-order chi connectivity index (χ0) is 14.0. The third kappa shape index (κ3) is 2.36. The number of nitrogens with zero attached hydrogens (tertiary/aromatic N) is 1. The molecule has 0 saturated heterocycles. The lowest BCUT2D eigenvalue weighted by atomic mass is 9.67. The standard InChI is InChI=1S/C16H25FN2/c1-12-7-6-10-16(11-18,13(12)2)19(3)15-9-5-4-8-14(15)17/h4-5,8-9,12-13H,6-7,10-11,18H2,1-3H3. The monoisotopic (exact) mass is 264 g/mol. The van der Waals surface area contributed by atoms with Crippen molar-refractivity contribution in [2.45, 2.75) is 38.6 Å². The molecule has 3 heteroatoms. The molecule has 0 heterocycles. The van der Waals surface area contributed by atoms with Gasteiger partial charge in [-0.15, -0.1) is 0 Å². The highest BCUT2D eigenvalue weighted by Gasteiger charge is 2.44. The van der Waals surface area contributed by atoms with Crippen molar-refractivity contribution < 1.29 is 4.39 Å². The van der Waals surface area contributed by atoms with Crippen LogP contribution in [0.25, 0.3) is 0 Å². The van der Waals surface area contributed by atoms with E-state index in [0.717, 1.165) is 6.42 Å². The minimum Gasteiger partial charge on any atom is -0.365 e. The Balaban J connectivity index is 2.38. The highest BCUT2D eigenvalue weighted by atomic mass is 19.1. The Bertz CT molecular complexity index is 435. The average molecular weight is 264 g/mol. The van der Waals surface area contributed by atoms with Crippen LogP contribution in [0.15, 0.2) is 24.3 Å². The predicted octanol–water partition coefficient (Wildman–Crippen LogP) is 3.42. The van der Waals surface area contributed by atoms with Gasteiger partial charge in [0.2, 0.25) is 0 Å². The third-order valence-electron chi connectivity index (χ3n) is 5.21. The van der Waals surface area contributed by atoms with Gasteiger partial charge in [-0.25, -0.2) is 4.39 Å². The Kier molecular flexibility index (Phi) is 4.14. The topological polar surface area (TPSA) is 29.3 Å². The molecule has 1 saturated carbocycles. The van der Waals surface area contributed by atoms with E-state index in [9.17, 15) is 4.39 Å². The molecule has 0 radical (unpaired) electrons. The Morgan fingerprint density at radius 2 is 2.05 bits per heavy atom. The number of anilines is 1. The largest absolute Gasteiger partial charge is 0.365 e. The maximum absolute atomic E-state index is 14.0. The van der Waals surface area contributed by atoms with E-state index < -0.39 is 0 Å². The molecule has 0 spiro atoms. The van der Waals surface area contributed by atoms with E-state index in [-0.39, 0.29) is 11.4 Å². The minimum absolute atomic E-state index is 0.125. The molecule has 1 aliphatic rings. The molecular weight excluding hydrogens is 239 g/mol. The lowest BCUT2D eigenvalue weighted by Gasteiger charge is -2.52. The van der Waals surface area contributed by atoms with Crippen LogP contribution in [0, 0.1) is 17.7 Å². The molecule has 1 aromatic rings. The van der Waals surface area contributed by atoms with E-state index in [1.54, 1.807) is 6.07 Å². The number of para-hydroxylation sites is 1. The fraction of sp³-hybridized carbons (Fsp3) is 0.625. The molecular formula is C16H25FN2. The van der Waals surface area contributed by atoms with Crippen molar-refractivity contribution in [2.24, 2.45) is 17.6 Å². The number of hydrogen-bond acceptors (Lipinski definition) is 2. The highest BCUT2D eigenvalue weighted by molar-refractivity contribution is 5.50. The van der Waals surface area contributed by atoms with Crippen molar-refractivity contribution in [3.05, 3.63) is 30.1 Å². The molecule has 0 bridgehead atoms. The molecule has 2 nitrogen and oxygen atoms in total. The van der Waals surface area contributed by atoms with Crippen molar-refractivity contribution in [1.29, 1.82) is 0 Å². The third-order valence-corrected chi connectivity index (χ3v) is 5.21. The molecule has 2 N–H and O–H groups in total. The maximum atomic E-state index is 14.0. The molecule has 1 aliphatic carbocycles. The number of likely N-dealkylation sites (N-methyl/N-ethyl adjacent to an activating group) is 1. The molecule has 0 aliphatic heterocycles. The number of benzene rings is 1. The van der Waals surface area contributed by atoms with E-state index in [0.29, 0.717) is 24.1 Å². The summed E-state index contributed by atoms with van der Waals surface area (Å²) in [4.78, 5) is 2.09. The van der Waals surface area contributed by atoms with Gasteiger partial charge < -0.3 is 10.6 Å². The van der Waals surface area contributed by atoms with Gasteiger partial charge in [-0.1, -0.05) is 38.8 Å². The fourth-order valence-corrected chi connectivity index (χ4v) is 3.60. The van der Waals surface area contributed by atoms with Crippen molar-refractivity contribution in [2.75, 3.05) is 18.5 Å². The van der Waals surface area contributed by atoms with Crippen LogP contribution < -0.4 is 10.6 Å². The van der Waals surface area contributed by atoms with E-state index in [2.05, 4.69) is 18.7 Å². The lowest BCUT2D eigenvalue weighted by molar-refractivity contribution is 0.144. The Morgan fingerprint density at radius 3 is 2.68 bits per heavy atom. The van der Waals surface area contributed by atoms with Gasteiger partial charge in [0.1, 0.15) is 5.82 Å². The predicted molar refractivity (Wildman–Crippen MR) is 78.8 cm³/mol. The quantitative estimate of drug-likeness (QED) is 0.906. The molecule has 3 atom stereocenters. The smallest absolute Gasteiger partial charge is 0.146 e. The van der Waals surface area contributed by atoms with E-state index in [4.69, 9.17) is 5.73 Å². The summed E-state index contributed by atoms with van der Waals surface area (Å²) in [5.41, 5.74) is 6.65. The van der Waals surface area contributed by atoms with Crippen LogP contribution in [0.4, 0.5) is 10.1 Å². The summed E-state index contributed by atoms with van der Waals surface area (Å²) < 4.78 is 14.0. The Hall–Kier alpha value is -1.09. The second-order valence-corrected chi connectivity index (χ2v) is 5.98. The Labute approximate surface area is 115 Å². The first-order valence-electron chi connectivity index (χ1n) is 7.21. The van der Waals surface area contributed by atoms with Crippen LogP contribution in [-0.2, 0) is 0 Å². The van der Waals surface area contributed by atoms with E-state index >= 15 is 0 Å². The van der Waals surface area contributed by atoms with Crippen molar-refractivity contribution >= 4 is 5.69 Å². The molecule has 19 heavy (non-hydrogen) atoms. The van der Waals surface area contributed by atoms with Gasteiger partial charge in [-0.2, -0.15) is 0 Å². The summed E-state index contributed by atoms with van der Waals surface area (Å²) in [6.45, 7) is 5.11. The van der Waals surface area contributed by atoms with Gasteiger partial charge in [0.15, 0.2) is 0 Å².